The van der Waals surface area contributed by atoms with Crippen LogP contribution in [0.3, 0.4) is 0 Å². The van der Waals surface area contributed by atoms with Gasteiger partial charge in [-0.15, -0.1) is 0 Å². The lowest BCUT2D eigenvalue weighted by Gasteiger charge is -2.14. The number of methoxy groups -OCH3 is 1. The number of hydrogen-bond acceptors (Lipinski definition) is 5. The molecular formula is C19H21NO4S. The van der Waals surface area contributed by atoms with Crippen LogP contribution in [0.1, 0.15) is 34.9 Å². The second-order valence-electron chi connectivity index (χ2n) is 5.80. The number of para-hydroxylation sites is 1. The topological polar surface area (TPSA) is 71.7 Å². The first kappa shape index (κ1) is 17.5. The minimum Gasteiger partial charge on any atom is -0.493 e. The van der Waals surface area contributed by atoms with Gasteiger partial charge in [0.05, 0.1) is 7.11 Å². The zero-order valence-corrected chi connectivity index (χ0v) is 14.8. The summed E-state index contributed by atoms with van der Waals surface area (Å²) in [6.45, 7) is 0.658. The largest absolute Gasteiger partial charge is 0.493 e. The Hall–Kier alpha value is -2.31. The summed E-state index contributed by atoms with van der Waals surface area (Å²) in [5.41, 5.74) is 1.79. The Morgan fingerprint density at radius 1 is 1.36 bits per heavy atom. The fourth-order valence-electron chi connectivity index (χ4n) is 2.90. The maximum absolute atomic E-state index is 12.3. The summed E-state index contributed by atoms with van der Waals surface area (Å²) < 4.78 is 10.9. The molecule has 1 atom stereocenters. The van der Waals surface area contributed by atoms with E-state index in [1.807, 2.05) is 17.5 Å². The molecule has 2 aromatic heterocycles. The molecule has 1 amide bonds. The highest BCUT2D eigenvalue weighted by Crippen LogP contribution is 2.28. The molecule has 2 N–H and O–H groups in total. The third-order valence-electron chi connectivity index (χ3n) is 4.22. The van der Waals surface area contributed by atoms with Gasteiger partial charge in [-0.25, -0.2) is 0 Å². The van der Waals surface area contributed by atoms with Gasteiger partial charge in [-0.05, 0) is 53.3 Å². The maximum Gasteiger partial charge on any atom is 0.287 e. The first-order valence-corrected chi connectivity index (χ1v) is 9.15. The van der Waals surface area contributed by atoms with E-state index in [1.165, 1.54) is 5.56 Å². The van der Waals surface area contributed by atoms with E-state index in [2.05, 4.69) is 16.8 Å². The molecule has 25 heavy (non-hydrogen) atoms. The van der Waals surface area contributed by atoms with Crippen LogP contribution in [0.15, 0.2) is 45.5 Å². The van der Waals surface area contributed by atoms with E-state index < -0.39 is 0 Å². The fraction of sp³-hybridized carbons (Fsp3) is 0.316. The summed E-state index contributed by atoms with van der Waals surface area (Å²) >= 11 is 1.64. The van der Waals surface area contributed by atoms with Crippen molar-refractivity contribution in [1.29, 1.82) is 0 Å². The molecule has 0 radical (unpaired) electrons. The summed E-state index contributed by atoms with van der Waals surface area (Å²) in [6.07, 6.45) is 1.46. The molecule has 0 saturated carbocycles. The third-order valence-corrected chi connectivity index (χ3v) is 4.92. The van der Waals surface area contributed by atoms with Crippen LogP contribution in [0.25, 0.3) is 11.0 Å². The van der Waals surface area contributed by atoms with E-state index in [4.69, 9.17) is 9.15 Å². The van der Waals surface area contributed by atoms with Crippen molar-refractivity contribution < 1.29 is 19.1 Å². The van der Waals surface area contributed by atoms with Gasteiger partial charge in [0, 0.05) is 18.5 Å². The van der Waals surface area contributed by atoms with Crippen molar-refractivity contribution >= 4 is 28.2 Å². The lowest BCUT2D eigenvalue weighted by molar-refractivity contribution is 0.0926. The summed E-state index contributed by atoms with van der Waals surface area (Å²) in [5, 5.41) is 17.1. The van der Waals surface area contributed by atoms with E-state index in [-0.39, 0.29) is 24.2 Å². The number of ether oxygens (including phenoxy) is 1. The first-order valence-electron chi connectivity index (χ1n) is 8.20. The number of thiophene rings is 1. The SMILES string of the molecule is COc1cccc2cc(C(=O)NCC[C@@H](CCO)c3ccsc3)oc12. The number of nitrogens with one attached hydrogen (secondary N) is 1. The van der Waals surface area contributed by atoms with Crippen LogP contribution in [-0.4, -0.2) is 31.3 Å². The molecule has 3 aromatic rings. The Kier molecular flexibility index (Phi) is 5.73. The standard InChI is InChI=1S/C19H21NO4S/c1-23-16-4-2-3-14-11-17(24-18(14)16)19(22)20-8-5-13(6-9-21)15-7-10-25-12-15/h2-4,7,10-13,21H,5-6,8-9H2,1H3,(H,20,22)/t13-/m0/s1. The van der Waals surface area contributed by atoms with Crippen molar-refractivity contribution in [3.05, 3.63) is 52.4 Å². The third kappa shape index (κ3) is 4.03. The van der Waals surface area contributed by atoms with Gasteiger partial charge < -0.3 is 19.6 Å². The quantitative estimate of drug-likeness (QED) is 0.642. The number of amides is 1. The Labute approximate surface area is 150 Å². The van der Waals surface area contributed by atoms with Crippen LogP contribution >= 0.6 is 11.3 Å². The lowest BCUT2D eigenvalue weighted by Crippen LogP contribution is -2.25. The van der Waals surface area contributed by atoms with E-state index in [0.29, 0.717) is 24.3 Å². The summed E-state index contributed by atoms with van der Waals surface area (Å²) in [6, 6.07) is 9.33. The van der Waals surface area contributed by atoms with Gasteiger partial charge in [0.2, 0.25) is 0 Å². The molecule has 5 nitrogen and oxygen atoms in total. The normalized spacial score (nSPS) is 12.2. The number of carbonyl (C=O) groups excluding carboxylic acids is 1. The number of benzene rings is 1. The predicted molar refractivity (Wildman–Crippen MR) is 98.5 cm³/mol. The minimum absolute atomic E-state index is 0.137. The Morgan fingerprint density at radius 3 is 2.96 bits per heavy atom. The Bertz CT molecular complexity index is 825. The van der Waals surface area contributed by atoms with Gasteiger partial charge in [0.25, 0.3) is 5.91 Å². The fourth-order valence-corrected chi connectivity index (χ4v) is 3.64. The molecule has 0 fully saturated rings. The van der Waals surface area contributed by atoms with Crippen LogP contribution in [0.4, 0.5) is 0 Å². The van der Waals surface area contributed by atoms with E-state index in [0.717, 1.165) is 11.8 Å². The average molecular weight is 359 g/mol. The van der Waals surface area contributed by atoms with Crippen molar-refractivity contribution in [2.75, 3.05) is 20.3 Å². The van der Waals surface area contributed by atoms with Crippen molar-refractivity contribution in [3.63, 3.8) is 0 Å². The number of aliphatic hydroxyl groups is 1. The van der Waals surface area contributed by atoms with Gasteiger partial charge in [-0.3, -0.25) is 4.79 Å². The second kappa shape index (κ2) is 8.18. The first-order chi connectivity index (χ1) is 12.2. The average Bonchev–Trinajstić information content (AvgIpc) is 3.29. The molecule has 0 bridgehead atoms. The highest BCUT2D eigenvalue weighted by molar-refractivity contribution is 7.07. The van der Waals surface area contributed by atoms with E-state index in [9.17, 15) is 9.90 Å². The molecule has 0 unspecified atom stereocenters. The summed E-state index contributed by atoms with van der Waals surface area (Å²) in [7, 11) is 1.57. The van der Waals surface area contributed by atoms with Crippen LogP contribution < -0.4 is 10.1 Å². The summed E-state index contributed by atoms with van der Waals surface area (Å²) in [5.74, 6) is 0.879. The molecule has 3 rings (SSSR count). The lowest BCUT2D eigenvalue weighted by atomic mass is 9.95. The zero-order chi connectivity index (χ0) is 17.6. The van der Waals surface area contributed by atoms with Crippen molar-refractivity contribution in [2.45, 2.75) is 18.8 Å². The van der Waals surface area contributed by atoms with Gasteiger partial charge in [0.15, 0.2) is 17.1 Å². The van der Waals surface area contributed by atoms with Gasteiger partial charge in [0.1, 0.15) is 0 Å². The zero-order valence-electron chi connectivity index (χ0n) is 14.0. The summed E-state index contributed by atoms with van der Waals surface area (Å²) in [4.78, 5) is 12.3. The molecule has 1 aromatic carbocycles. The molecule has 0 aliphatic heterocycles. The molecule has 2 heterocycles. The van der Waals surface area contributed by atoms with E-state index in [1.54, 1.807) is 30.6 Å². The molecular weight excluding hydrogens is 338 g/mol. The highest BCUT2D eigenvalue weighted by Gasteiger charge is 2.16. The van der Waals surface area contributed by atoms with Crippen LogP contribution in [0, 0.1) is 0 Å². The smallest absolute Gasteiger partial charge is 0.287 e. The number of rotatable bonds is 8. The van der Waals surface area contributed by atoms with Crippen LogP contribution in [0.5, 0.6) is 5.75 Å². The number of furan rings is 1. The van der Waals surface area contributed by atoms with Crippen LogP contribution in [-0.2, 0) is 0 Å². The molecule has 0 aliphatic rings. The number of aliphatic hydroxyl groups excluding tert-OH is 1. The van der Waals surface area contributed by atoms with Crippen LogP contribution in [0.2, 0.25) is 0 Å². The van der Waals surface area contributed by atoms with Crippen molar-refractivity contribution in [2.24, 2.45) is 0 Å². The molecule has 6 heteroatoms. The highest BCUT2D eigenvalue weighted by atomic mass is 32.1. The van der Waals surface area contributed by atoms with Crippen molar-refractivity contribution in [1.82, 2.24) is 5.32 Å². The van der Waals surface area contributed by atoms with Gasteiger partial charge in [-0.1, -0.05) is 12.1 Å². The monoisotopic (exact) mass is 359 g/mol. The molecule has 0 saturated heterocycles. The molecule has 132 valence electrons. The van der Waals surface area contributed by atoms with Crippen molar-refractivity contribution in [3.8, 4) is 5.75 Å². The second-order valence-corrected chi connectivity index (χ2v) is 6.58. The maximum atomic E-state index is 12.3. The Balaban J connectivity index is 1.62. The molecule has 0 aliphatic carbocycles. The molecule has 0 spiro atoms. The Morgan fingerprint density at radius 2 is 2.24 bits per heavy atom. The number of carbonyl (C=O) groups is 1. The van der Waals surface area contributed by atoms with E-state index >= 15 is 0 Å². The number of hydrogen-bond donors (Lipinski definition) is 2. The van der Waals surface area contributed by atoms with Gasteiger partial charge in [-0.2, -0.15) is 11.3 Å². The predicted octanol–water partition coefficient (Wildman–Crippen LogP) is 3.79. The minimum atomic E-state index is -0.244. The van der Waals surface area contributed by atoms with Gasteiger partial charge >= 0.3 is 0 Å². The number of fused-ring (bicyclic) bond motifs is 1.